The Labute approximate surface area is 92.6 Å². The molecule has 2 atom stereocenters. The normalized spacial score (nSPS) is 31.6. The molecule has 0 aromatic rings. The fourth-order valence-electron chi connectivity index (χ4n) is 1.91. The summed E-state index contributed by atoms with van der Waals surface area (Å²) in [6.45, 7) is 10.2. The minimum absolute atomic E-state index is 0.179. The first-order chi connectivity index (χ1) is 6.87. The van der Waals surface area contributed by atoms with Crippen LogP contribution in [-0.2, 0) is 4.74 Å². The van der Waals surface area contributed by atoms with Crippen molar-refractivity contribution in [1.29, 1.82) is 0 Å². The highest BCUT2D eigenvalue weighted by Crippen LogP contribution is 2.34. The van der Waals surface area contributed by atoms with Gasteiger partial charge in [0.25, 0.3) is 0 Å². The van der Waals surface area contributed by atoms with E-state index in [1.807, 2.05) is 13.0 Å². The van der Waals surface area contributed by atoms with Gasteiger partial charge in [-0.25, -0.2) is 0 Å². The van der Waals surface area contributed by atoms with Gasteiger partial charge in [-0.3, -0.25) is 0 Å². The van der Waals surface area contributed by atoms with Crippen LogP contribution >= 0.6 is 0 Å². The summed E-state index contributed by atoms with van der Waals surface area (Å²) in [5, 5.41) is 9.79. The van der Waals surface area contributed by atoms with E-state index >= 15 is 0 Å². The molecule has 1 aliphatic rings. The molecule has 0 fully saturated rings. The molecule has 1 N–H and O–H groups in total. The summed E-state index contributed by atoms with van der Waals surface area (Å²) < 4.78 is 5.74. The molecule has 0 radical (unpaired) electrons. The minimum Gasteiger partial charge on any atom is -0.386 e. The van der Waals surface area contributed by atoms with Gasteiger partial charge in [-0.15, -0.1) is 6.58 Å². The third-order valence-corrected chi connectivity index (χ3v) is 3.12. The SMILES string of the molecule is C=CCOC(C)(C)[C@H]1C=C[C@](C)(O)CC1. The molecule has 1 rings (SSSR count). The van der Waals surface area contributed by atoms with Crippen LogP contribution < -0.4 is 0 Å². The van der Waals surface area contributed by atoms with Crippen LogP contribution in [0.15, 0.2) is 24.8 Å². The molecule has 0 saturated heterocycles. The quantitative estimate of drug-likeness (QED) is 0.723. The maximum atomic E-state index is 9.79. The van der Waals surface area contributed by atoms with Crippen LogP contribution in [0.2, 0.25) is 0 Å². The van der Waals surface area contributed by atoms with E-state index < -0.39 is 5.60 Å². The van der Waals surface area contributed by atoms with Crippen molar-refractivity contribution in [2.24, 2.45) is 5.92 Å². The van der Waals surface area contributed by atoms with Crippen molar-refractivity contribution in [3.05, 3.63) is 24.8 Å². The van der Waals surface area contributed by atoms with Gasteiger partial charge in [-0.1, -0.05) is 18.2 Å². The van der Waals surface area contributed by atoms with E-state index in [1.165, 1.54) is 0 Å². The number of hydrogen-bond donors (Lipinski definition) is 1. The molecule has 0 aromatic heterocycles. The van der Waals surface area contributed by atoms with Gasteiger partial charge in [0.15, 0.2) is 0 Å². The molecule has 2 nitrogen and oxygen atoms in total. The topological polar surface area (TPSA) is 29.5 Å². The van der Waals surface area contributed by atoms with Crippen molar-refractivity contribution in [3.63, 3.8) is 0 Å². The van der Waals surface area contributed by atoms with Crippen LogP contribution in [0.25, 0.3) is 0 Å². The molecule has 0 aliphatic heterocycles. The Morgan fingerprint density at radius 3 is 2.80 bits per heavy atom. The molecular weight excluding hydrogens is 188 g/mol. The second kappa shape index (κ2) is 4.50. The van der Waals surface area contributed by atoms with Gasteiger partial charge >= 0.3 is 0 Å². The Balaban J connectivity index is 2.61. The molecule has 0 saturated carbocycles. The van der Waals surface area contributed by atoms with Gasteiger partial charge in [0.2, 0.25) is 0 Å². The summed E-state index contributed by atoms with van der Waals surface area (Å²) >= 11 is 0. The van der Waals surface area contributed by atoms with Gasteiger partial charge in [-0.2, -0.15) is 0 Å². The third kappa shape index (κ3) is 3.47. The lowest BCUT2D eigenvalue weighted by atomic mass is 9.78. The van der Waals surface area contributed by atoms with Crippen molar-refractivity contribution < 1.29 is 9.84 Å². The standard InChI is InChI=1S/C13H22O2/c1-5-10-15-12(2,3)11-6-8-13(4,14)9-7-11/h5-6,8,11,14H,1,7,9-10H2,2-4H3/t11-,13-/m0/s1. The Bertz CT molecular complexity index is 251. The predicted octanol–water partition coefficient (Wildman–Crippen LogP) is 2.68. The first-order valence-electron chi connectivity index (χ1n) is 5.54. The average molecular weight is 210 g/mol. The van der Waals surface area contributed by atoms with Gasteiger partial charge in [0.05, 0.1) is 17.8 Å². The van der Waals surface area contributed by atoms with E-state index in [9.17, 15) is 5.11 Å². The van der Waals surface area contributed by atoms with Crippen LogP contribution in [0.5, 0.6) is 0 Å². The van der Waals surface area contributed by atoms with Crippen molar-refractivity contribution in [3.8, 4) is 0 Å². The number of ether oxygens (including phenoxy) is 1. The van der Waals surface area contributed by atoms with Crippen LogP contribution in [0.4, 0.5) is 0 Å². The van der Waals surface area contributed by atoms with E-state index in [0.717, 1.165) is 12.8 Å². The predicted molar refractivity (Wildman–Crippen MR) is 62.7 cm³/mol. The van der Waals surface area contributed by atoms with Crippen LogP contribution in [0.1, 0.15) is 33.6 Å². The van der Waals surface area contributed by atoms with E-state index in [-0.39, 0.29) is 5.60 Å². The summed E-state index contributed by atoms with van der Waals surface area (Å²) in [7, 11) is 0. The molecule has 1 aliphatic carbocycles. The molecular formula is C13H22O2. The summed E-state index contributed by atoms with van der Waals surface area (Å²) in [6, 6.07) is 0. The highest BCUT2D eigenvalue weighted by Gasteiger charge is 2.33. The van der Waals surface area contributed by atoms with Crippen LogP contribution in [0, 0.1) is 5.92 Å². The van der Waals surface area contributed by atoms with E-state index in [2.05, 4.69) is 26.5 Å². The van der Waals surface area contributed by atoms with E-state index in [0.29, 0.717) is 12.5 Å². The fraction of sp³-hybridized carbons (Fsp3) is 0.692. The Morgan fingerprint density at radius 1 is 1.67 bits per heavy atom. The zero-order chi connectivity index (χ0) is 11.5. The van der Waals surface area contributed by atoms with Crippen LogP contribution in [-0.4, -0.2) is 22.9 Å². The average Bonchev–Trinajstić information content (AvgIpc) is 2.14. The lowest BCUT2D eigenvalue weighted by Gasteiger charge is -2.37. The van der Waals surface area contributed by atoms with Gasteiger partial charge in [-0.05, 0) is 33.6 Å². The van der Waals surface area contributed by atoms with Gasteiger partial charge in [0.1, 0.15) is 0 Å². The highest BCUT2D eigenvalue weighted by atomic mass is 16.5. The third-order valence-electron chi connectivity index (χ3n) is 3.12. The highest BCUT2D eigenvalue weighted by molar-refractivity contribution is 5.09. The second-order valence-corrected chi connectivity index (χ2v) is 5.06. The van der Waals surface area contributed by atoms with Crippen LogP contribution in [0.3, 0.4) is 0 Å². The zero-order valence-electron chi connectivity index (χ0n) is 9.99. The lowest BCUT2D eigenvalue weighted by Crippen LogP contribution is -2.38. The van der Waals surface area contributed by atoms with E-state index in [1.54, 1.807) is 6.08 Å². The maximum Gasteiger partial charge on any atom is 0.0800 e. The maximum absolute atomic E-state index is 9.79. The number of rotatable bonds is 4. The number of hydrogen-bond acceptors (Lipinski definition) is 2. The molecule has 0 amide bonds. The van der Waals surface area contributed by atoms with Crippen molar-refractivity contribution in [2.45, 2.75) is 44.8 Å². The minimum atomic E-state index is -0.634. The fourth-order valence-corrected chi connectivity index (χ4v) is 1.91. The molecule has 0 heterocycles. The Kier molecular flexibility index (Phi) is 3.74. The Morgan fingerprint density at radius 2 is 2.33 bits per heavy atom. The smallest absolute Gasteiger partial charge is 0.0800 e. The molecule has 0 aromatic carbocycles. The van der Waals surface area contributed by atoms with Crippen molar-refractivity contribution in [2.75, 3.05) is 6.61 Å². The molecule has 0 unspecified atom stereocenters. The first-order valence-corrected chi connectivity index (χ1v) is 5.54. The molecule has 15 heavy (non-hydrogen) atoms. The zero-order valence-corrected chi connectivity index (χ0v) is 9.99. The Hall–Kier alpha value is -0.600. The summed E-state index contributed by atoms with van der Waals surface area (Å²) in [4.78, 5) is 0. The largest absolute Gasteiger partial charge is 0.386 e. The van der Waals surface area contributed by atoms with Crippen molar-refractivity contribution >= 4 is 0 Å². The molecule has 2 heteroatoms. The molecule has 86 valence electrons. The summed E-state index contributed by atoms with van der Waals surface area (Å²) in [6.07, 6.45) is 7.50. The lowest BCUT2D eigenvalue weighted by molar-refractivity contribution is -0.0441. The molecule has 0 spiro atoms. The van der Waals surface area contributed by atoms with Crippen molar-refractivity contribution in [1.82, 2.24) is 0 Å². The first kappa shape index (κ1) is 12.5. The summed E-state index contributed by atoms with van der Waals surface area (Å²) in [5.74, 6) is 0.373. The molecule has 0 bridgehead atoms. The van der Waals surface area contributed by atoms with Gasteiger partial charge in [0, 0.05) is 5.92 Å². The second-order valence-electron chi connectivity index (χ2n) is 5.06. The van der Waals surface area contributed by atoms with Gasteiger partial charge < -0.3 is 9.84 Å². The summed E-state index contributed by atoms with van der Waals surface area (Å²) in [5.41, 5.74) is -0.813. The number of aliphatic hydroxyl groups is 1. The monoisotopic (exact) mass is 210 g/mol. The van der Waals surface area contributed by atoms with E-state index in [4.69, 9.17) is 4.74 Å².